The molecule has 2 aliphatic carbocycles. The quantitative estimate of drug-likeness (QED) is 0.455. The standard InChI is InChI=1S/C23H27Br/c1-21(2)9-10-22(3,4)20-13-18-16(12-19(20)21)15-11-14(24)7-8-17(15)23(18,5)6/h7-8,11-13H,9-10H2,1-6H3. The van der Waals surface area contributed by atoms with Crippen LogP contribution in [0, 0.1) is 0 Å². The van der Waals surface area contributed by atoms with Crippen LogP contribution in [0.25, 0.3) is 11.1 Å². The molecular weight excluding hydrogens is 356 g/mol. The topological polar surface area (TPSA) is 0 Å². The maximum Gasteiger partial charge on any atom is 0.0181 e. The van der Waals surface area contributed by atoms with E-state index in [1.165, 1.54) is 39.6 Å². The molecule has 2 aliphatic rings. The predicted molar refractivity (Wildman–Crippen MR) is 107 cm³/mol. The third-order valence-corrected chi connectivity index (χ3v) is 7.10. The molecule has 24 heavy (non-hydrogen) atoms. The molecule has 0 radical (unpaired) electrons. The monoisotopic (exact) mass is 382 g/mol. The van der Waals surface area contributed by atoms with Gasteiger partial charge in [0.15, 0.2) is 0 Å². The third kappa shape index (κ3) is 2.10. The fraction of sp³-hybridized carbons (Fsp3) is 0.478. The first kappa shape index (κ1) is 16.4. The largest absolute Gasteiger partial charge is 0.0564 e. The second-order valence-electron chi connectivity index (χ2n) is 9.53. The lowest BCUT2D eigenvalue weighted by molar-refractivity contribution is 0.331. The van der Waals surface area contributed by atoms with Gasteiger partial charge >= 0.3 is 0 Å². The molecule has 0 saturated carbocycles. The fourth-order valence-electron chi connectivity index (χ4n) is 4.78. The molecule has 1 heteroatoms. The van der Waals surface area contributed by atoms with Crippen molar-refractivity contribution in [3.63, 3.8) is 0 Å². The van der Waals surface area contributed by atoms with Crippen molar-refractivity contribution in [3.8, 4) is 11.1 Å². The maximum absolute atomic E-state index is 3.67. The van der Waals surface area contributed by atoms with E-state index in [1.807, 2.05) is 0 Å². The third-order valence-electron chi connectivity index (χ3n) is 6.61. The zero-order chi connectivity index (χ0) is 17.5. The molecule has 0 heterocycles. The molecule has 0 unspecified atom stereocenters. The highest BCUT2D eigenvalue weighted by Gasteiger charge is 2.42. The van der Waals surface area contributed by atoms with Crippen LogP contribution >= 0.6 is 15.9 Å². The van der Waals surface area contributed by atoms with Crippen molar-refractivity contribution < 1.29 is 0 Å². The molecule has 0 N–H and O–H groups in total. The number of fused-ring (bicyclic) bond motifs is 4. The summed E-state index contributed by atoms with van der Waals surface area (Å²) in [5.74, 6) is 0. The molecule has 2 aromatic carbocycles. The van der Waals surface area contributed by atoms with E-state index in [1.54, 1.807) is 11.1 Å². The number of halogens is 1. The summed E-state index contributed by atoms with van der Waals surface area (Å²) in [5, 5.41) is 0. The van der Waals surface area contributed by atoms with E-state index in [2.05, 4.69) is 87.8 Å². The van der Waals surface area contributed by atoms with E-state index in [9.17, 15) is 0 Å². The Kier molecular flexibility index (Phi) is 3.25. The molecule has 2 aromatic rings. The smallest absolute Gasteiger partial charge is 0.0181 e. The lowest BCUT2D eigenvalue weighted by atomic mass is 9.62. The van der Waals surface area contributed by atoms with Gasteiger partial charge in [0.1, 0.15) is 0 Å². The lowest BCUT2D eigenvalue weighted by Gasteiger charge is -2.42. The van der Waals surface area contributed by atoms with Gasteiger partial charge < -0.3 is 0 Å². The summed E-state index contributed by atoms with van der Waals surface area (Å²) >= 11 is 3.67. The second-order valence-corrected chi connectivity index (χ2v) is 10.4. The summed E-state index contributed by atoms with van der Waals surface area (Å²) in [6, 6.07) is 11.8. The Hall–Kier alpha value is -1.08. The van der Waals surface area contributed by atoms with E-state index >= 15 is 0 Å². The maximum atomic E-state index is 3.67. The Bertz CT molecular complexity index is 853. The zero-order valence-corrected chi connectivity index (χ0v) is 17.3. The van der Waals surface area contributed by atoms with Gasteiger partial charge in [-0.25, -0.2) is 0 Å². The normalized spacial score (nSPS) is 21.8. The summed E-state index contributed by atoms with van der Waals surface area (Å²) in [7, 11) is 0. The van der Waals surface area contributed by atoms with Crippen molar-refractivity contribution in [2.75, 3.05) is 0 Å². The van der Waals surface area contributed by atoms with E-state index in [0.29, 0.717) is 0 Å². The highest BCUT2D eigenvalue weighted by molar-refractivity contribution is 9.10. The summed E-state index contributed by atoms with van der Waals surface area (Å²) in [4.78, 5) is 0. The van der Waals surface area contributed by atoms with Crippen LogP contribution in [0.2, 0.25) is 0 Å². The highest BCUT2D eigenvalue weighted by atomic mass is 79.9. The SMILES string of the molecule is CC1(C)CCC(C)(C)c2cc3c(cc21)-c1cc(Br)ccc1C3(C)C. The fourth-order valence-corrected chi connectivity index (χ4v) is 5.14. The van der Waals surface area contributed by atoms with Gasteiger partial charge in [0.2, 0.25) is 0 Å². The van der Waals surface area contributed by atoms with Crippen LogP contribution in [0.1, 0.15) is 76.6 Å². The van der Waals surface area contributed by atoms with Crippen LogP contribution in [0.4, 0.5) is 0 Å². The van der Waals surface area contributed by atoms with Crippen LogP contribution in [-0.2, 0) is 16.2 Å². The van der Waals surface area contributed by atoms with Gasteiger partial charge in [0, 0.05) is 9.89 Å². The minimum absolute atomic E-state index is 0.0814. The van der Waals surface area contributed by atoms with Crippen molar-refractivity contribution in [3.05, 3.63) is 57.1 Å². The van der Waals surface area contributed by atoms with Gasteiger partial charge in [-0.1, -0.05) is 69.6 Å². The summed E-state index contributed by atoms with van der Waals surface area (Å²) in [6.07, 6.45) is 2.53. The molecule has 0 fully saturated rings. The molecule has 0 aliphatic heterocycles. The second kappa shape index (κ2) is 4.75. The first-order valence-corrected chi connectivity index (χ1v) is 9.83. The van der Waals surface area contributed by atoms with Gasteiger partial charge in [-0.3, -0.25) is 0 Å². The first-order valence-electron chi connectivity index (χ1n) is 9.04. The average molecular weight is 383 g/mol. The average Bonchev–Trinajstić information content (AvgIpc) is 2.71. The van der Waals surface area contributed by atoms with Crippen LogP contribution in [0.15, 0.2) is 34.8 Å². The lowest BCUT2D eigenvalue weighted by Crippen LogP contribution is -2.34. The Morgan fingerprint density at radius 3 is 1.83 bits per heavy atom. The molecule has 126 valence electrons. The van der Waals surface area contributed by atoms with Gasteiger partial charge in [-0.2, -0.15) is 0 Å². The van der Waals surface area contributed by atoms with E-state index in [4.69, 9.17) is 0 Å². The Labute approximate surface area is 154 Å². The first-order chi connectivity index (χ1) is 11.0. The van der Waals surface area contributed by atoms with Crippen molar-refractivity contribution in [1.82, 2.24) is 0 Å². The minimum atomic E-state index is 0.0814. The summed E-state index contributed by atoms with van der Waals surface area (Å²) in [5.41, 5.74) is 9.55. The molecular formula is C23H27Br. The van der Waals surface area contributed by atoms with E-state index in [-0.39, 0.29) is 16.2 Å². The van der Waals surface area contributed by atoms with E-state index in [0.717, 1.165) is 0 Å². The molecule has 0 nitrogen and oxygen atoms in total. The number of benzene rings is 2. The predicted octanol–water partition coefficient (Wildman–Crippen LogP) is 7.10. The number of hydrogen-bond acceptors (Lipinski definition) is 0. The molecule has 0 amide bonds. The molecule has 4 rings (SSSR count). The van der Waals surface area contributed by atoms with Gasteiger partial charge in [0.25, 0.3) is 0 Å². The Morgan fingerprint density at radius 2 is 1.21 bits per heavy atom. The van der Waals surface area contributed by atoms with Gasteiger partial charge in [-0.05, 0) is 75.3 Å². The van der Waals surface area contributed by atoms with Crippen LogP contribution in [0.5, 0.6) is 0 Å². The zero-order valence-electron chi connectivity index (χ0n) is 15.7. The van der Waals surface area contributed by atoms with E-state index < -0.39 is 0 Å². The van der Waals surface area contributed by atoms with Crippen molar-refractivity contribution >= 4 is 15.9 Å². The van der Waals surface area contributed by atoms with Crippen LogP contribution in [-0.4, -0.2) is 0 Å². The minimum Gasteiger partial charge on any atom is -0.0564 e. The molecule has 0 atom stereocenters. The van der Waals surface area contributed by atoms with Crippen LogP contribution in [0.3, 0.4) is 0 Å². The molecule has 0 spiro atoms. The van der Waals surface area contributed by atoms with Gasteiger partial charge in [0.05, 0.1) is 0 Å². The Morgan fingerprint density at radius 1 is 0.667 bits per heavy atom. The molecule has 0 aromatic heterocycles. The number of rotatable bonds is 0. The van der Waals surface area contributed by atoms with Crippen molar-refractivity contribution in [2.24, 2.45) is 0 Å². The molecule has 0 bridgehead atoms. The van der Waals surface area contributed by atoms with Crippen molar-refractivity contribution in [1.29, 1.82) is 0 Å². The summed E-state index contributed by atoms with van der Waals surface area (Å²) < 4.78 is 1.17. The highest BCUT2D eigenvalue weighted by Crippen LogP contribution is 2.54. The van der Waals surface area contributed by atoms with Gasteiger partial charge in [-0.15, -0.1) is 0 Å². The molecule has 0 saturated heterocycles. The number of hydrogen-bond donors (Lipinski definition) is 0. The Balaban J connectivity index is 2.07. The summed E-state index contributed by atoms with van der Waals surface area (Å²) in [6.45, 7) is 14.4. The van der Waals surface area contributed by atoms with Crippen LogP contribution < -0.4 is 0 Å². The van der Waals surface area contributed by atoms with Crippen molar-refractivity contribution in [2.45, 2.75) is 70.6 Å².